The lowest BCUT2D eigenvalue weighted by molar-refractivity contribution is 0.178. The van der Waals surface area contributed by atoms with Crippen LogP contribution in [0.4, 0.5) is 0 Å². The minimum atomic E-state index is -3.46. The third-order valence-corrected chi connectivity index (χ3v) is 7.13. The number of rotatable bonds is 11. The van der Waals surface area contributed by atoms with Crippen LogP contribution in [-0.2, 0) is 16.6 Å². The van der Waals surface area contributed by atoms with Gasteiger partial charge in [-0.15, -0.1) is 24.0 Å². The predicted octanol–water partition coefficient (Wildman–Crippen LogP) is 3.51. The van der Waals surface area contributed by atoms with Gasteiger partial charge in [-0.25, -0.2) is 13.4 Å². The molecule has 0 aliphatic rings. The highest BCUT2D eigenvalue weighted by molar-refractivity contribution is 14.0. The van der Waals surface area contributed by atoms with E-state index in [1.54, 1.807) is 19.2 Å². The number of hydrogen-bond donors (Lipinski definition) is 2. The summed E-state index contributed by atoms with van der Waals surface area (Å²) >= 11 is 0. The zero-order chi connectivity index (χ0) is 22.9. The molecule has 0 amide bonds. The van der Waals surface area contributed by atoms with Gasteiger partial charge in [0, 0.05) is 44.8 Å². The highest BCUT2D eigenvalue weighted by Gasteiger charge is 2.22. The first-order chi connectivity index (χ1) is 14.0. The van der Waals surface area contributed by atoms with Crippen molar-refractivity contribution < 1.29 is 8.42 Å². The fourth-order valence-corrected chi connectivity index (χ4v) is 4.51. The van der Waals surface area contributed by atoms with Crippen LogP contribution in [0.2, 0.25) is 0 Å². The van der Waals surface area contributed by atoms with Crippen molar-refractivity contribution in [1.29, 1.82) is 0 Å². The monoisotopic (exact) mass is 567 g/mol. The third-order valence-electron chi connectivity index (χ3n) is 5.08. The maximum absolute atomic E-state index is 12.6. The van der Waals surface area contributed by atoms with Crippen LogP contribution in [0.25, 0.3) is 0 Å². The van der Waals surface area contributed by atoms with E-state index in [4.69, 9.17) is 0 Å². The van der Waals surface area contributed by atoms with E-state index in [0.29, 0.717) is 23.5 Å². The van der Waals surface area contributed by atoms with Crippen LogP contribution in [0, 0.1) is 0 Å². The number of halogens is 1. The standard InChI is InChI=1S/C22H41N5O2S.HI/c1-9-23-22(24-14-15-27(18(4)5)19(6)7)25-16-20-10-12-21(13-11-20)30(28,29)26(8)17(2)3;/h10-13,17-19H,9,14-16H2,1-8H3,(H2,23,24,25);1H. The fraction of sp³-hybridized carbons (Fsp3) is 0.682. The smallest absolute Gasteiger partial charge is 0.243 e. The molecule has 2 N–H and O–H groups in total. The molecule has 0 radical (unpaired) electrons. The van der Waals surface area contributed by atoms with Crippen molar-refractivity contribution in [2.75, 3.05) is 26.7 Å². The van der Waals surface area contributed by atoms with Gasteiger partial charge in [0.25, 0.3) is 0 Å². The Bertz CT molecular complexity index is 757. The number of aliphatic imine (C=N–C) groups is 1. The lowest BCUT2D eigenvalue weighted by Crippen LogP contribution is -2.45. The first-order valence-electron chi connectivity index (χ1n) is 10.9. The molecule has 9 heteroatoms. The molecular formula is C22H42IN5O2S. The van der Waals surface area contributed by atoms with E-state index < -0.39 is 10.0 Å². The van der Waals surface area contributed by atoms with Crippen LogP contribution in [0.5, 0.6) is 0 Å². The summed E-state index contributed by atoms with van der Waals surface area (Å²) in [5, 5.41) is 6.65. The summed E-state index contributed by atoms with van der Waals surface area (Å²) in [7, 11) is -1.86. The Morgan fingerprint density at radius 1 is 0.968 bits per heavy atom. The molecule has 1 rings (SSSR count). The second-order valence-electron chi connectivity index (χ2n) is 8.31. The van der Waals surface area contributed by atoms with Gasteiger partial charge in [0.15, 0.2) is 5.96 Å². The molecule has 0 spiro atoms. The summed E-state index contributed by atoms with van der Waals surface area (Å²) in [5.74, 6) is 0.765. The van der Waals surface area contributed by atoms with E-state index in [1.165, 1.54) is 4.31 Å². The second kappa shape index (κ2) is 14.3. The van der Waals surface area contributed by atoms with Crippen molar-refractivity contribution in [3.05, 3.63) is 29.8 Å². The number of sulfonamides is 1. The molecule has 0 saturated carbocycles. The van der Waals surface area contributed by atoms with Crippen LogP contribution in [-0.4, -0.2) is 68.4 Å². The van der Waals surface area contributed by atoms with Gasteiger partial charge in [0.2, 0.25) is 10.0 Å². The van der Waals surface area contributed by atoms with E-state index in [2.05, 4.69) is 48.2 Å². The molecule has 0 bridgehead atoms. The highest BCUT2D eigenvalue weighted by Crippen LogP contribution is 2.17. The molecule has 0 heterocycles. The van der Waals surface area contributed by atoms with Gasteiger partial charge >= 0.3 is 0 Å². The Labute approximate surface area is 207 Å². The van der Waals surface area contributed by atoms with Gasteiger partial charge in [-0.05, 0) is 66.2 Å². The molecule has 31 heavy (non-hydrogen) atoms. The number of guanidine groups is 1. The predicted molar refractivity (Wildman–Crippen MR) is 142 cm³/mol. The molecule has 0 aromatic heterocycles. The molecule has 0 atom stereocenters. The summed E-state index contributed by atoms with van der Waals surface area (Å²) in [6.45, 7) is 17.6. The average molecular weight is 568 g/mol. The van der Waals surface area contributed by atoms with Crippen molar-refractivity contribution >= 4 is 40.0 Å². The molecule has 1 aromatic carbocycles. The lowest BCUT2D eigenvalue weighted by Gasteiger charge is -2.30. The zero-order valence-electron chi connectivity index (χ0n) is 20.3. The summed E-state index contributed by atoms with van der Waals surface area (Å²) in [6.07, 6.45) is 0. The molecule has 0 fully saturated rings. The maximum atomic E-state index is 12.6. The van der Waals surface area contributed by atoms with Gasteiger partial charge < -0.3 is 10.6 Å². The molecule has 0 aliphatic carbocycles. The molecule has 180 valence electrons. The first-order valence-corrected chi connectivity index (χ1v) is 12.3. The molecule has 0 saturated heterocycles. The SMILES string of the molecule is CCNC(=NCc1ccc(S(=O)(=O)N(C)C(C)C)cc1)NCCN(C(C)C)C(C)C.I. The molecule has 0 unspecified atom stereocenters. The van der Waals surface area contributed by atoms with E-state index >= 15 is 0 Å². The molecule has 7 nitrogen and oxygen atoms in total. The van der Waals surface area contributed by atoms with Gasteiger partial charge in [0.05, 0.1) is 11.4 Å². The molecule has 0 aliphatic heterocycles. The summed E-state index contributed by atoms with van der Waals surface area (Å²) in [6, 6.07) is 7.87. The summed E-state index contributed by atoms with van der Waals surface area (Å²) < 4.78 is 26.5. The molecule has 1 aromatic rings. The Balaban J connectivity index is 0.00000900. The Hall–Kier alpha value is -0.910. The first kappa shape index (κ1) is 30.1. The van der Waals surface area contributed by atoms with Gasteiger partial charge in [-0.1, -0.05) is 12.1 Å². The maximum Gasteiger partial charge on any atom is 0.243 e. The van der Waals surface area contributed by atoms with Crippen LogP contribution in [0.3, 0.4) is 0 Å². The van der Waals surface area contributed by atoms with Crippen molar-refractivity contribution in [3.63, 3.8) is 0 Å². The zero-order valence-corrected chi connectivity index (χ0v) is 23.5. The normalized spacial score (nSPS) is 12.7. The summed E-state index contributed by atoms with van der Waals surface area (Å²) in [4.78, 5) is 7.38. The Morgan fingerprint density at radius 2 is 1.52 bits per heavy atom. The fourth-order valence-electron chi connectivity index (χ4n) is 3.14. The van der Waals surface area contributed by atoms with Crippen LogP contribution < -0.4 is 10.6 Å². The van der Waals surface area contributed by atoms with Crippen LogP contribution in [0.1, 0.15) is 54.0 Å². The van der Waals surface area contributed by atoms with Crippen LogP contribution >= 0.6 is 24.0 Å². The molecular weight excluding hydrogens is 525 g/mol. The van der Waals surface area contributed by atoms with Gasteiger partial charge in [-0.2, -0.15) is 4.31 Å². The quantitative estimate of drug-likeness (QED) is 0.243. The second-order valence-corrected chi connectivity index (χ2v) is 10.3. The van der Waals surface area contributed by atoms with Crippen molar-refractivity contribution in [2.24, 2.45) is 4.99 Å². The number of nitrogens with zero attached hydrogens (tertiary/aromatic N) is 3. The van der Waals surface area contributed by atoms with Crippen molar-refractivity contribution in [2.45, 2.75) is 78.0 Å². The minimum Gasteiger partial charge on any atom is -0.357 e. The number of hydrogen-bond acceptors (Lipinski definition) is 4. The van der Waals surface area contributed by atoms with Gasteiger partial charge in [-0.3, -0.25) is 4.90 Å². The lowest BCUT2D eigenvalue weighted by atomic mass is 10.2. The van der Waals surface area contributed by atoms with Crippen molar-refractivity contribution in [1.82, 2.24) is 19.8 Å². The third kappa shape index (κ3) is 9.63. The van der Waals surface area contributed by atoms with E-state index in [-0.39, 0.29) is 30.0 Å². The number of benzene rings is 1. The van der Waals surface area contributed by atoms with Crippen LogP contribution in [0.15, 0.2) is 34.2 Å². The topological polar surface area (TPSA) is 77.0 Å². The minimum absolute atomic E-state index is 0. The average Bonchev–Trinajstić information content (AvgIpc) is 2.68. The van der Waals surface area contributed by atoms with Crippen molar-refractivity contribution in [3.8, 4) is 0 Å². The highest BCUT2D eigenvalue weighted by atomic mass is 127. The Kier molecular flexibility index (Phi) is 13.9. The van der Waals surface area contributed by atoms with E-state index in [0.717, 1.165) is 31.2 Å². The van der Waals surface area contributed by atoms with E-state index in [1.807, 2.05) is 32.9 Å². The Morgan fingerprint density at radius 3 is 1.97 bits per heavy atom. The largest absolute Gasteiger partial charge is 0.357 e. The summed E-state index contributed by atoms with van der Waals surface area (Å²) in [5.41, 5.74) is 0.962. The van der Waals surface area contributed by atoms with Gasteiger partial charge in [0.1, 0.15) is 0 Å². The van der Waals surface area contributed by atoms with E-state index in [9.17, 15) is 8.42 Å². The number of nitrogens with one attached hydrogen (secondary N) is 2.